The van der Waals surface area contributed by atoms with Gasteiger partial charge in [0.15, 0.2) is 11.5 Å². The van der Waals surface area contributed by atoms with Crippen LogP contribution in [-0.4, -0.2) is 19.3 Å². The van der Waals surface area contributed by atoms with Crippen molar-refractivity contribution in [3.8, 4) is 11.5 Å². The van der Waals surface area contributed by atoms with Gasteiger partial charge in [-0.1, -0.05) is 26.0 Å². The minimum absolute atomic E-state index is 0.0565. The average Bonchev–Trinajstić information content (AvgIpc) is 2.99. The Bertz CT molecular complexity index is 685. The Kier molecular flexibility index (Phi) is 4.10. The van der Waals surface area contributed by atoms with E-state index in [1.807, 2.05) is 6.08 Å². The van der Waals surface area contributed by atoms with Crippen molar-refractivity contribution < 1.29 is 9.47 Å². The van der Waals surface area contributed by atoms with Gasteiger partial charge in [0.1, 0.15) is 6.10 Å². The summed E-state index contributed by atoms with van der Waals surface area (Å²) in [7, 11) is 1.74. The third-order valence-electron chi connectivity index (χ3n) is 7.30. The van der Waals surface area contributed by atoms with E-state index in [4.69, 9.17) is 15.2 Å². The summed E-state index contributed by atoms with van der Waals surface area (Å²) in [6, 6.07) is 4.53. The van der Waals surface area contributed by atoms with E-state index >= 15 is 0 Å². The molecular formula is C22H31NO2. The van der Waals surface area contributed by atoms with Crippen LogP contribution < -0.4 is 15.2 Å². The van der Waals surface area contributed by atoms with Crippen LogP contribution in [0.4, 0.5) is 0 Å². The Morgan fingerprint density at radius 2 is 2.20 bits per heavy atom. The number of rotatable bonds is 5. The first-order valence-electron chi connectivity index (χ1n) is 9.84. The molecule has 1 aliphatic heterocycles. The highest BCUT2D eigenvalue weighted by atomic mass is 16.5. The standard InChI is InChI=1S/C22H31NO2/c1-5-7-8-15-14-10-12-17(24-4)20-18(14)22(6-2)16(19(15)23)11-9-13(3)21(22)25-20/h5,10,12-13,15-16,19,21H,1,6-9,11,23H2,2-4H3/t13?,15-,16+,19?,21?,22+/m0/s1. The molecule has 0 spiro atoms. The number of nitrogens with two attached hydrogens (primary N) is 1. The van der Waals surface area contributed by atoms with Crippen molar-refractivity contribution in [2.45, 2.75) is 69.4 Å². The highest BCUT2D eigenvalue weighted by molar-refractivity contribution is 5.61. The Labute approximate surface area is 151 Å². The van der Waals surface area contributed by atoms with Crippen LogP contribution in [0.3, 0.4) is 0 Å². The fourth-order valence-electron chi connectivity index (χ4n) is 6.20. The van der Waals surface area contributed by atoms with E-state index in [0.29, 0.717) is 17.8 Å². The van der Waals surface area contributed by atoms with Gasteiger partial charge in [-0.25, -0.2) is 0 Å². The third-order valence-corrected chi connectivity index (χ3v) is 7.30. The second kappa shape index (κ2) is 6.05. The van der Waals surface area contributed by atoms with Crippen LogP contribution >= 0.6 is 0 Å². The third kappa shape index (κ3) is 2.08. The van der Waals surface area contributed by atoms with Gasteiger partial charge in [-0.3, -0.25) is 0 Å². The fraction of sp³-hybridized carbons (Fsp3) is 0.636. The maximum absolute atomic E-state index is 6.93. The van der Waals surface area contributed by atoms with E-state index in [0.717, 1.165) is 30.8 Å². The summed E-state index contributed by atoms with van der Waals surface area (Å²) in [5.41, 5.74) is 9.81. The van der Waals surface area contributed by atoms with Gasteiger partial charge in [-0.15, -0.1) is 6.58 Å². The molecule has 6 atom stereocenters. The predicted octanol–water partition coefficient (Wildman–Crippen LogP) is 4.54. The van der Waals surface area contributed by atoms with Crippen LogP contribution in [0.2, 0.25) is 0 Å². The van der Waals surface area contributed by atoms with E-state index < -0.39 is 0 Å². The molecule has 3 unspecified atom stereocenters. The van der Waals surface area contributed by atoms with Crippen molar-refractivity contribution in [1.82, 2.24) is 0 Å². The van der Waals surface area contributed by atoms with Gasteiger partial charge in [0.25, 0.3) is 0 Å². The SMILES string of the molecule is C=CCC[C@H]1c2ccc(OC)c3c2[C@]2(CC)C(O3)C(C)CC[C@@H]2C1N. The Balaban J connectivity index is 1.95. The van der Waals surface area contributed by atoms with Crippen LogP contribution in [0.15, 0.2) is 24.8 Å². The second-order valence-corrected chi connectivity index (χ2v) is 8.20. The van der Waals surface area contributed by atoms with Gasteiger partial charge in [0.05, 0.1) is 7.11 Å². The second-order valence-electron chi connectivity index (χ2n) is 8.20. The van der Waals surface area contributed by atoms with Crippen LogP contribution in [0.5, 0.6) is 11.5 Å². The maximum atomic E-state index is 6.93. The summed E-state index contributed by atoms with van der Waals surface area (Å²) >= 11 is 0. The molecule has 25 heavy (non-hydrogen) atoms. The van der Waals surface area contributed by atoms with Gasteiger partial charge in [-0.05, 0) is 55.6 Å². The van der Waals surface area contributed by atoms with E-state index in [1.165, 1.54) is 24.0 Å². The zero-order chi connectivity index (χ0) is 17.8. The molecule has 136 valence electrons. The summed E-state index contributed by atoms with van der Waals surface area (Å²) in [5.74, 6) is 3.32. The molecule has 0 radical (unpaired) electrons. The Morgan fingerprint density at radius 1 is 1.40 bits per heavy atom. The lowest BCUT2D eigenvalue weighted by Crippen LogP contribution is -2.60. The molecule has 3 aliphatic rings. The van der Waals surface area contributed by atoms with Crippen molar-refractivity contribution in [1.29, 1.82) is 0 Å². The summed E-state index contributed by atoms with van der Waals surface area (Å²) in [4.78, 5) is 0. The average molecular weight is 341 g/mol. The van der Waals surface area contributed by atoms with Crippen molar-refractivity contribution in [2.24, 2.45) is 17.6 Å². The smallest absolute Gasteiger partial charge is 0.165 e. The molecule has 2 aliphatic carbocycles. The number of methoxy groups -OCH3 is 1. The molecule has 3 nitrogen and oxygen atoms in total. The van der Waals surface area contributed by atoms with Gasteiger partial charge in [-0.2, -0.15) is 0 Å². The quantitative estimate of drug-likeness (QED) is 0.800. The van der Waals surface area contributed by atoms with Crippen LogP contribution in [0.1, 0.15) is 63.0 Å². The Hall–Kier alpha value is -1.48. The number of allylic oxidation sites excluding steroid dienone is 1. The summed E-state index contributed by atoms with van der Waals surface area (Å²) < 4.78 is 12.3. The molecule has 0 bridgehead atoms. The van der Waals surface area contributed by atoms with Gasteiger partial charge >= 0.3 is 0 Å². The lowest BCUT2D eigenvalue weighted by atomic mass is 9.50. The first kappa shape index (κ1) is 17.0. The lowest BCUT2D eigenvalue weighted by molar-refractivity contribution is -0.00981. The van der Waals surface area contributed by atoms with Crippen LogP contribution in [-0.2, 0) is 5.41 Å². The molecule has 1 aromatic rings. The largest absolute Gasteiger partial charge is 0.493 e. The number of benzene rings is 1. The molecule has 4 rings (SSSR count). The maximum Gasteiger partial charge on any atom is 0.165 e. The molecule has 1 heterocycles. The molecular weight excluding hydrogens is 310 g/mol. The van der Waals surface area contributed by atoms with Crippen molar-refractivity contribution in [2.75, 3.05) is 7.11 Å². The van der Waals surface area contributed by atoms with Gasteiger partial charge in [0.2, 0.25) is 0 Å². The first-order valence-corrected chi connectivity index (χ1v) is 9.84. The van der Waals surface area contributed by atoms with Crippen molar-refractivity contribution in [3.05, 3.63) is 35.9 Å². The van der Waals surface area contributed by atoms with E-state index in [9.17, 15) is 0 Å². The van der Waals surface area contributed by atoms with Gasteiger partial charge in [0, 0.05) is 22.9 Å². The number of ether oxygens (including phenoxy) is 2. The molecule has 1 saturated carbocycles. The minimum Gasteiger partial charge on any atom is -0.493 e. The normalized spacial score (nSPS) is 38.0. The topological polar surface area (TPSA) is 44.5 Å². The monoisotopic (exact) mass is 341 g/mol. The summed E-state index contributed by atoms with van der Waals surface area (Å²) in [5, 5.41) is 0. The molecule has 0 aromatic heterocycles. The lowest BCUT2D eigenvalue weighted by Gasteiger charge is -2.54. The minimum atomic E-state index is 0.0565. The highest BCUT2D eigenvalue weighted by Crippen LogP contribution is 2.64. The zero-order valence-electron chi connectivity index (χ0n) is 15.8. The van der Waals surface area contributed by atoms with E-state index in [-0.39, 0.29) is 17.6 Å². The molecule has 0 saturated heterocycles. The first-order chi connectivity index (χ1) is 12.1. The van der Waals surface area contributed by atoms with Crippen LogP contribution in [0, 0.1) is 11.8 Å². The molecule has 1 aromatic carbocycles. The van der Waals surface area contributed by atoms with Crippen LogP contribution in [0.25, 0.3) is 0 Å². The molecule has 0 amide bonds. The van der Waals surface area contributed by atoms with E-state index in [1.54, 1.807) is 7.11 Å². The highest BCUT2D eigenvalue weighted by Gasteiger charge is 2.62. The predicted molar refractivity (Wildman–Crippen MR) is 101 cm³/mol. The van der Waals surface area contributed by atoms with Crippen molar-refractivity contribution in [3.63, 3.8) is 0 Å². The zero-order valence-corrected chi connectivity index (χ0v) is 15.8. The number of hydrogen-bond donors (Lipinski definition) is 1. The molecule has 2 N–H and O–H groups in total. The van der Waals surface area contributed by atoms with Crippen molar-refractivity contribution >= 4 is 0 Å². The molecule has 1 fully saturated rings. The summed E-state index contributed by atoms with van der Waals surface area (Å²) in [6.07, 6.45) is 7.81. The fourth-order valence-corrected chi connectivity index (χ4v) is 6.20. The Morgan fingerprint density at radius 3 is 2.88 bits per heavy atom. The summed E-state index contributed by atoms with van der Waals surface area (Å²) in [6.45, 7) is 8.57. The molecule has 3 heteroatoms. The van der Waals surface area contributed by atoms with E-state index in [2.05, 4.69) is 32.6 Å². The van der Waals surface area contributed by atoms with Gasteiger partial charge < -0.3 is 15.2 Å². The number of hydrogen-bond acceptors (Lipinski definition) is 3.